The first-order valence-electron chi connectivity index (χ1n) is 7.95. The summed E-state index contributed by atoms with van der Waals surface area (Å²) in [5.41, 5.74) is 2.04. The molecule has 0 spiro atoms. The van der Waals surface area contributed by atoms with Gasteiger partial charge in [-0.05, 0) is 71.7 Å². The highest BCUT2D eigenvalue weighted by atomic mass is 16.1. The van der Waals surface area contributed by atoms with Crippen LogP contribution in [-0.4, -0.2) is 67.0 Å². The number of likely N-dealkylation sites (N-methyl/N-ethyl adjacent to an activating group) is 1. The SMILES string of the molecule is Cc1ccnc(CC(=O)NCC2(N(C)C)CCN(C)CC2)c1. The fourth-order valence-corrected chi connectivity index (χ4v) is 3.00. The smallest absolute Gasteiger partial charge is 0.226 e. The third-order valence-electron chi connectivity index (χ3n) is 4.79. The molecule has 0 atom stereocenters. The van der Waals surface area contributed by atoms with Crippen LogP contribution in [0, 0.1) is 6.92 Å². The van der Waals surface area contributed by atoms with Crippen molar-refractivity contribution in [3.63, 3.8) is 0 Å². The van der Waals surface area contributed by atoms with Crippen LogP contribution in [0.15, 0.2) is 18.3 Å². The van der Waals surface area contributed by atoms with Gasteiger partial charge in [0.1, 0.15) is 0 Å². The van der Waals surface area contributed by atoms with E-state index in [9.17, 15) is 4.79 Å². The summed E-state index contributed by atoms with van der Waals surface area (Å²) >= 11 is 0. The highest BCUT2D eigenvalue weighted by molar-refractivity contribution is 5.78. The maximum atomic E-state index is 12.2. The Morgan fingerprint density at radius 1 is 1.41 bits per heavy atom. The number of pyridine rings is 1. The number of piperidine rings is 1. The maximum absolute atomic E-state index is 12.2. The van der Waals surface area contributed by atoms with Gasteiger partial charge in [0.15, 0.2) is 0 Å². The van der Waals surface area contributed by atoms with Crippen molar-refractivity contribution in [1.29, 1.82) is 0 Å². The lowest BCUT2D eigenvalue weighted by Gasteiger charge is -2.45. The van der Waals surface area contributed by atoms with E-state index in [1.54, 1.807) is 6.20 Å². The molecule has 1 aromatic rings. The molecule has 22 heavy (non-hydrogen) atoms. The van der Waals surface area contributed by atoms with Gasteiger partial charge < -0.3 is 15.1 Å². The number of aromatic nitrogens is 1. The monoisotopic (exact) mass is 304 g/mol. The number of hydrogen-bond donors (Lipinski definition) is 1. The number of likely N-dealkylation sites (tertiary alicyclic amines) is 1. The molecule has 2 rings (SSSR count). The van der Waals surface area contributed by atoms with Crippen LogP contribution < -0.4 is 5.32 Å². The Bertz CT molecular complexity index is 507. The van der Waals surface area contributed by atoms with Crippen molar-refractivity contribution in [3.05, 3.63) is 29.6 Å². The average molecular weight is 304 g/mol. The first-order valence-corrected chi connectivity index (χ1v) is 7.95. The Balaban J connectivity index is 1.91. The summed E-state index contributed by atoms with van der Waals surface area (Å²) in [6.07, 6.45) is 4.28. The normalized spacial score (nSPS) is 18.4. The summed E-state index contributed by atoms with van der Waals surface area (Å²) in [5, 5.41) is 3.12. The summed E-state index contributed by atoms with van der Waals surface area (Å²) in [6.45, 7) is 4.88. The predicted molar refractivity (Wildman–Crippen MR) is 88.8 cm³/mol. The van der Waals surface area contributed by atoms with Crippen LogP contribution in [0.25, 0.3) is 0 Å². The van der Waals surface area contributed by atoms with Crippen molar-refractivity contribution in [2.45, 2.75) is 31.7 Å². The molecule has 1 N–H and O–H groups in total. The first kappa shape index (κ1) is 16.9. The molecule has 1 fully saturated rings. The quantitative estimate of drug-likeness (QED) is 0.884. The lowest BCUT2D eigenvalue weighted by Crippen LogP contribution is -2.58. The van der Waals surface area contributed by atoms with E-state index in [1.807, 2.05) is 19.1 Å². The molecule has 1 amide bonds. The topological polar surface area (TPSA) is 48.5 Å². The summed E-state index contributed by atoms with van der Waals surface area (Å²) < 4.78 is 0. The van der Waals surface area contributed by atoms with E-state index in [-0.39, 0.29) is 11.4 Å². The lowest BCUT2D eigenvalue weighted by atomic mass is 9.86. The van der Waals surface area contributed by atoms with Crippen molar-refractivity contribution in [1.82, 2.24) is 20.1 Å². The Labute approximate surface area is 133 Å². The number of carbonyl (C=O) groups excluding carboxylic acids is 1. The van der Waals surface area contributed by atoms with Gasteiger partial charge in [-0.2, -0.15) is 0 Å². The van der Waals surface area contributed by atoms with Gasteiger partial charge in [0.05, 0.1) is 6.42 Å². The zero-order valence-corrected chi connectivity index (χ0v) is 14.2. The summed E-state index contributed by atoms with van der Waals surface area (Å²) in [7, 11) is 6.38. The minimum atomic E-state index is 0.0539. The molecule has 1 aliphatic rings. The number of aryl methyl sites for hydroxylation is 1. The summed E-state index contributed by atoms with van der Waals surface area (Å²) in [4.78, 5) is 21.1. The zero-order valence-electron chi connectivity index (χ0n) is 14.2. The fraction of sp³-hybridized carbons (Fsp3) is 0.647. The molecular weight excluding hydrogens is 276 g/mol. The van der Waals surface area contributed by atoms with Crippen molar-refractivity contribution in [2.75, 3.05) is 40.8 Å². The predicted octanol–water partition coefficient (Wildman–Crippen LogP) is 1.07. The van der Waals surface area contributed by atoms with E-state index >= 15 is 0 Å². The highest BCUT2D eigenvalue weighted by Gasteiger charge is 2.35. The van der Waals surface area contributed by atoms with Crippen LogP contribution in [-0.2, 0) is 11.2 Å². The standard InChI is InChI=1S/C17H28N4O/c1-14-5-8-18-15(11-14)12-16(22)19-13-17(20(2)3)6-9-21(4)10-7-17/h5,8,11H,6-7,9-10,12-13H2,1-4H3,(H,19,22). The van der Waals surface area contributed by atoms with Gasteiger partial charge in [0.25, 0.3) is 0 Å². The van der Waals surface area contributed by atoms with Crippen LogP contribution in [0.3, 0.4) is 0 Å². The Hall–Kier alpha value is -1.46. The fourth-order valence-electron chi connectivity index (χ4n) is 3.00. The lowest BCUT2D eigenvalue weighted by molar-refractivity contribution is -0.121. The molecule has 0 aromatic carbocycles. The molecule has 2 heterocycles. The van der Waals surface area contributed by atoms with E-state index in [4.69, 9.17) is 0 Å². The average Bonchev–Trinajstić information content (AvgIpc) is 2.47. The Morgan fingerprint density at radius 3 is 2.68 bits per heavy atom. The number of carbonyl (C=O) groups is 1. The van der Waals surface area contributed by atoms with Crippen LogP contribution in [0.4, 0.5) is 0 Å². The minimum absolute atomic E-state index is 0.0539. The first-order chi connectivity index (χ1) is 10.4. The molecule has 0 aliphatic carbocycles. The maximum Gasteiger partial charge on any atom is 0.226 e. The second-order valence-electron chi connectivity index (χ2n) is 6.70. The molecule has 1 aliphatic heterocycles. The van der Waals surface area contributed by atoms with E-state index in [0.717, 1.165) is 37.2 Å². The van der Waals surface area contributed by atoms with E-state index in [1.165, 1.54) is 0 Å². The molecule has 122 valence electrons. The third kappa shape index (κ3) is 4.27. The molecule has 5 nitrogen and oxygen atoms in total. The van der Waals surface area contributed by atoms with Gasteiger partial charge >= 0.3 is 0 Å². The largest absolute Gasteiger partial charge is 0.354 e. The molecule has 1 saturated heterocycles. The van der Waals surface area contributed by atoms with Gasteiger partial charge in [-0.15, -0.1) is 0 Å². The Morgan fingerprint density at radius 2 is 2.09 bits per heavy atom. The van der Waals surface area contributed by atoms with E-state index in [0.29, 0.717) is 13.0 Å². The second kappa shape index (κ2) is 7.20. The molecule has 0 radical (unpaired) electrons. The molecule has 1 aromatic heterocycles. The molecule has 0 unspecified atom stereocenters. The van der Waals surface area contributed by atoms with Crippen molar-refractivity contribution in [2.24, 2.45) is 0 Å². The van der Waals surface area contributed by atoms with Gasteiger partial charge in [-0.3, -0.25) is 9.78 Å². The van der Waals surface area contributed by atoms with Crippen LogP contribution in [0.5, 0.6) is 0 Å². The third-order valence-corrected chi connectivity index (χ3v) is 4.79. The second-order valence-corrected chi connectivity index (χ2v) is 6.70. The van der Waals surface area contributed by atoms with Crippen LogP contribution >= 0.6 is 0 Å². The van der Waals surface area contributed by atoms with Crippen LogP contribution in [0.1, 0.15) is 24.1 Å². The number of nitrogens with one attached hydrogen (secondary N) is 1. The number of amides is 1. The minimum Gasteiger partial charge on any atom is -0.354 e. The van der Waals surface area contributed by atoms with Crippen LogP contribution in [0.2, 0.25) is 0 Å². The van der Waals surface area contributed by atoms with Crippen molar-refractivity contribution < 1.29 is 4.79 Å². The van der Waals surface area contributed by atoms with Gasteiger partial charge in [0, 0.05) is 24.0 Å². The van der Waals surface area contributed by atoms with E-state index in [2.05, 4.69) is 41.2 Å². The summed E-state index contributed by atoms with van der Waals surface area (Å²) in [5.74, 6) is 0.0539. The molecule has 5 heteroatoms. The number of rotatable bonds is 5. The highest BCUT2D eigenvalue weighted by Crippen LogP contribution is 2.25. The van der Waals surface area contributed by atoms with E-state index < -0.39 is 0 Å². The van der Waals surface area contributed by atoms with Crippen molar-refractivity contribution >= 4 is 5.91 Å². The molecule has 0 bridgehead atoms. The summed E-state index contributed by atoms with van der Waals surface area (Å²) in [6, 6.07) is 3.91. The zero-order chi connectivity index (χ0) is 16.2. The Kier molecular flexibility index (Phi) is 5.53. The molecular formula is C17H28N4O. The van der Waals surface area contributed by atoms with Crippen molar-refractivity contribution in [3.8, 4) is 0 Å². The van der Waals surface area contributed by atoms with Gasteiger partial charge in [-0.25, -0.2) is 0 Å². The van der Waals surface area contributed by atoms with Gasteiger partial charge in [0.2, 0.25) is 5.91 Å². The van der Waals surface area contributed by atoms with Gasteiger partial charge in [-0.1, -0.05) is 0 Å². The number of nitrogens with zero attached hydrogens (tertiary/aromatic N) is 3. The molecule has 0 saturated carbocycles. The number of hydrogen-bond acceptors (Lipinski definition) is 4.